The predicted octanol–water partition coefficient (Wildman–Crippen LogP) is 1.90. The molecule has 0 spiro atoms. The molecule has 0 unspecified atom stereocenters. The average Bonchev–Trinajstić information content (AvgIpc) is 2.93. The summed E-state index contributed by atoms with van der Waals surface area (Å²) in [6, 6.07) is 11.6. The third kappa shape index (κ3) is 3.39. The smallest absolute Gasteiger partial charge is 0.274 e. The molecule has 0 saturated heterocycles. The predicted molar refractivity (Wildman–Crippen MR) is 99.3 cm³/mol. The maximum atomic E-state index is 12.7. The molecular formula is C18H17N3O6S. The van der Waals surface area contributed by atoms with Gasteiger partial charge < -0.3 is 0 Å². The first-order valence-corrected chi connectivity index (χ1v) is 9.84. The van der Waals surface area contributed by atoms with Crippen LogP contribution in [0.3, 0.4) is 0 Å². The van der Waals surface area contributed by atoms with Crippen molar-refractivity contribution < 1.29 is 22.9 Å². The summed E-state index contributed by atoms with van der Waals surface area (Å²) in [6.07, 6.45) is 0.196. The van der Waals surface area contributed by atoms with Gasteiger partial charge in [-0.3, -0.25) is 24.6 Å². The molecule has 0 fully saturated rings. The molecule has 0 atom stereocenters. The number of imide groups is 1. The molecule has 9 nitrogen and oxygen atoms in total. The first-order chi connectivity index (χ1) is 13.2. The van der Waals surface area contributed by atoms with Crippen molar-refractivity contribution in [2.24, 2.45) is 0 Å². The quantitative estimate of drug-likeness (QED) is 0.396. The summed E-state index contributed by atoms with van der Waals surface area (Å²) in [4.78, 5) is 35.7. The monoisotopic (exact) mass is 403 g/mol. The minimum atomic E-state index is -4.09. The van der Waals surface area contributed by atoms with E-state index in [1.54, 1.807) is 24.3 Å². The highest BCUT2D eigenvalue weighted by Crippen LogP contribution is 2.26. The number of nitro groups is 1. The second-order valence-electron chi connectivity index (χ2n) is 6.21. The molecule has 1 aliphatic heterocycles. The molecule has 0 radical (unpaired) electrons. The second-order valence-corrected chi connectivity index (χ2v) is 8.23. The number of nitro benzene ring substituents is 1. The minimum Gasteiger partial charge on any atom is -0.274 e. The van der Waals surface area contributed by atoms with E-state index in [0.717, 1.165) is 15.3 Å². The molecule has 28 heavy (non-hydrogen) atoms. The Kier molecular flexibility index (Phi) is 5.25. The van der Waals surface area contributed by atoms with Gasteiger partial charge in [0.25, 0.3) is 17.5 Å². The molecule has 0 aliphatic carbocycles. The van der Waals surface area contributed by atoms with Crippen molar-refractivity contribution in [1.29, 1.82) is 0 Å². The van der Waals surface area contributed by atoms with Crippen LogP contribution in [0, 0.1) is 10.1 Å². The SMILES string of the molecule is CN(CCCN1C(=O)c2ccccc2C1=O)S(=O)(=O)c1ccccc1[N+](=O)[O-]. The topological polar surface area (TPSA) is 118 Å². The van der Waals surface area contributed by atoms with Crippen LogP contribution in [0.25, 0.3) is 0 Å². The molecule has 0 saturated carbocycles. The first kappa shape index (κ1) is 19.6. The lowest BCUT2D eigenvalue weighted by Crippen LogP contribution is -2.34. The zero-order valence-corrected chi connectivity index (χ0v) is 15.8. The number of carbonyl (C=O) groups excluding carboxylic acids is 2. The number of rotatable bonds is 7. The van der Waals surface area contributed by atoms with E-state index in [9.17, 15) is 28.1 Å². The van der Waals surface area contributed by atoms with E-state index in [4.69, 9.17) is 0 Å². The number of amides is 2. The third-order valence-corrected chi connectivity index (χ3v) is 6.39. The lowest BCUT2D eigenvalue weighted by molar-refractivity contribution is -0.387. The number of para-hydroxylation sites is 1. The van der Waals surface area contributed by atoms with Gasteiger partial charge in [-0.25, -0.2) is 12.7 Å². The van der Waals surface area contributed by atoms with Crippen LogP contribution in [-0.4, -0.2) is 54.5 Å². The number of carbonyl (C=O) groups is 2. The standard InChI is InChI=1S/C18H17N3O6S/c1-19(28(26,27)16-10-5-4-9-15(16)21(24)25)11-6-12-20-17(22)13-7-2-3-8-14(13)18(20)23/h2-5,7-10H,6,11-12H2,1H3. The van der Waals surface area contributed by atoms with E-state index in [1.807, 2.05) is 0 Å². The highest BCUT2D eigenvalue weighted by atomic mass is 32.2. The van der Waals surface area contributed by atoms with E-state index in [-0.39, 0.29) is 19.5 Å². The van der Waals surface area contributed by atoms with Crippen LogP contribution < -0.4 is 0 Å². The molecule has 10 heteroatoms. The molecule has 0 aromatic heterocycles. The van der Waals surface area contributed by atoms with Crippen LogP contribution in [0.4, 0.5) is 5.69 Å². The lowest BCUT2D eigenvalue weighted by Gasteiger charge is -2.19. The molecule has 2 aromatic carbocycles. The van der Waals surface area contributed by atoms with Crippen molar-refractivity contribution in [3.05, 3.63) is 69.8 Å². The van der Waals surface area contributed by atoms with Gasteiger partial charge >= 0.3 is 0 Å². The summed E-state index contributed by atoms with van der Waals surface area (Å²) in [5.74, 6) is -0.824. The summed E-state index contributed by atoms with van der Waals surface area (Å²) in [5.41, 5.74) is 0.150. The van der Waals surface area contributed by atoms with Gasteiger partial charge in [0.2, 0.25) is 10.0 Å². The number of sulfonamides is 1. The molecule has 2 amide bonds. The van der Waals surface area contributed by atoms with Crippen LogP contribution in [0.1, 0.15) is 27.1 Å². The fourth-order valence-electron chi connectivity index (χ4n) is 3.01. The van der Waals surface area contributed by atoms with Crippen LogP contribution >= 0.6 is 0 Å². The number of fused-ring (bicyclic) bond motifs is 1. The van der Waals surface area contributed by atoms with Crippen molar-refractivity contribution in [3.63, 3.8) is 0 Å². The van der Waals surface area contributed by atoms with Gasteiger partial charge in [0, 0.05) is 26.2 Å². The third-order valence-electron chi connectivity index (χ3n) is 4.48. The van der Waals surface area contributed by atoms with E-state index in [1.165, 1.54) is 25.2 Å². The lowest BCUT2D eigenvalue weighted by atomic mass is 10.1. The van der Waals surface area contributed by atoms with E-state index >= 15 is 0 Å². The minimum absolute atomic E-state index is 0.0121. The van der Waals surface area contributed by atoms with Crippen molar-refractivity contribution in [2.45, 2.75) is 11.3 Å². The van der Waals surface area contributed by atoms with Gasteiger partial charge in [-0.1, -0.05) is 24.3 Å². The summed E-state index contributed by atoms with van der Waals surface area (Å²) in [7, 11) is -2.79. The molecule has 146 valence electrons. The van der Waals surface area contributed by atoms with E-state index in [0.29, 0.717) is 11.1 Å². The highest BCUT2D eigenvalue weighted by Gasteiger charge is 2.35. The zero-order chi connectivity index (χ0) is 20.5. The van der Waals surface area contributed by atoms with Crippen LogP contribution in [0.5, 0.6) is 0 Å². The Morgan fingerprint density at radius 2 is 1.54 bits per heavy atom. The van der Waals surface area contributed by atoms with Gasteiger partial charge in [-0.15, -0.1) is 0 Å². The van der Waals surface area contributed by atoms with Crippen molar-refractivity contribution >= 4 is 27.5 Å². The molecule has 0 bridgehead atoms. The summed E-state index contributed by atoms with van der Waals surface area (Å²) in [6.45, 7) is 0.0326. The molecule has 1 heterocycles. The molecule has 0 N–H and O–H groups in total. The summed E-state index contributed by atoms with van der Waals surface area (Å²) < 4.78 is 26.3. The Morgan fingerprint density at radius 3 is 2.11 bits per heavy atom. The maximum absolute atomic E-state index is 12.7. The van der Waals surface area contributed by atoms with Crippen molar-refractivity contribution in [3.8, 4) is 0 Å². The molecule has 3 rings (SSSR count). The Balaban J connectivity index is 1.68. The second kappa shape index (κ2) is 7.49. The largest absolute Gasteiger partial charge is 0.289 e. The van der Waals surface area contributed by atoms with Crippen molar-refractivity contribution in [1.82, 2.24) is 9.21 Å². The molecule has 1 aliphatic rings. The van der Waals surface area contributed by atoms with Gasteiger partial charge in [-0.05, 0) is 24.6 Å². The normalized spacial score (nSPS) is 13.9. The Morgan fingerprint density at radius 1 is 1.00 bits per heavy atom. The van der Waals surface area contributed by atoms with E-state index in [2.05, 4.69) is 0 Å². The van der Waals surface area contributed by atoms with Gasteiger partial charge in [-0.2, -0.15) is 0 Å². The fraction of sp³-hybridized carbons (Fsp3) is 0.222. The molecule has 2 aromatic rings. The van der Waals surface area contributed by atoms with Gasteiger partial charge in [0.05, 0.1) is 16.1 Å². The van der Waals surface area contributed by atoms with Crippen LogP contribution in [0.2, 0.25) is 0 Å². The Labute approximate surface area is 161 Å². The van der Waals surface area contributed by atoms with Crippen molar-refractivity contribution in [2.75, 3.05) is 20.1 Å². The average molecular weight is 403 g/mol. The maximum Gasteiger partial charge on any atom is 0.289 e. The zero-order valence-electron chi connectivity index (χ0n) is 14.9. The van der Waals surface area contributed by atoms with Crippen LogP contribution in [0.15, 0.2) is 53.4 Å². The first-order valence-electron chi connectivity index (χ1n) is 8.40. The number of benzene rings is 2. The summed E-state index contributed by atoms with van der Waals surface area (Å²) in [5, 5.41) is 11.1. The Hall–Kier alpha value is -3.11. The van der Waals surface area contributed by atoms with Crippen LogP contribution in [-0.2, 0) is 10.0 Å². The van der Waals surface area contributed by atoms with Gasteiger partial charge in [0.15, 0.2) is 4.90 Å². The van der Waals surface area contributed by atoms with Gasteiger partial charge in [0.1, 0.15) is 0 Å². The Bertz CT molecular complexity index is 1030. The number of nitrogens with zero attached hydrogens (tertiary/aromatic N) is 3. The fourth-order valence-corrected chi connectivity index (χ4v) is 4.37. The van der Waals surface area contributed by atoms with E-state index < -0.39 is 37.3 Å². The molecular weight excluding hydrogens is 386 g/mol. The summed E-state index contributed by atoms with van der Waals surface area (Å²) >= 11 is 0. The highest BCUT2D eigenvalue weighted by molar-refractivity contribution is 7.89. The number of hydrogen-bond acceptors (Lipinski definition) is 6. The number of hydrogen-bond donors (Lipinski definition) is 0.